The fourth-order valence-electron chi connectivity index (χ4n) is 2.53. The Labute approximate surface area is 151 Å². The van der Waals surface area contributed by atoms with E-state index in [0.717, 1.165) is 17.5 Å². The predicted octanol–water partition coefficient (Wildman–Crippen LogP) is 4.95. The van der Waals surface area contributed by atoms with Crippen LogP contribution in [-0.2, 0) is 20.4 Å². The van der Waals surface area contributed by atoms with Gasteiger partial charge in [0.25, 0.3) is 0 Å². The molecule has 0 amide bonds. The molecule has 0 aliphatic carbocycles. The van der Waals surface area contributed by atoms with Crippen LogP contribution in [0.25, 0.3) is 0 Å². The lowest BCUT2D eigenvalue weighted by Gasteiger charge is -2.29. The average Bonchev–Trinajstić information content (AvgIpc) is 2.50. The molecule has 0 unspecified atom stereocenters. The van der Waals surface area contributed by atoms with Gasteiger partial charge < -0.3 is 9.47 Å². The van der Waals surface area contributed by atoms with Crippen LogP contribution in [0, 0.1) is 0 Å². The highest BCUT2D eigenvalue weighted by molar-refractivity contribution is 6.34. The van der Waals surface area contributed by atoms with Crippen molar-refractivity contribution in [2.75, 3.05) is 7.11 Å². The van der Waals surface area contributed by atoms with E-state index < -0.39 is 11.8 Å². The van der Waals surface area contributed by atoms with E-state index in [2.05, 4.69) is 0 Å². The Morgan fingerprint density at radius 3 is 1.80 bits per heavy atom. The molecule has 1 aromatic rings. The van der Waals surface area contributed by atoms with Crippen molar-refractivity contribution in [3.63, 3.8) is 0 Å². The van der Waals surface area contributed by atoms with Crippen LogP contribution in [0.1, 0.15) is 78.9 Å². The minimum Gasteiger partial charge on any atom is -0.497 e. The zero-order valence-electron chi connectivity index (χ0n) is 16.9. The Morgan fingerprint density at radius 1 is 0.960 bits per heavy atom. The van der Waals surface area contributed by atoms with E-state index in [0.29, 0.717) is 17.9 Å². The predicted molar refractivity (Wildman–Crippen MR) is 101 cm³/mol. The van der Waals surface area contributed by atoms with Crippen LogP contribution in [0.2, 0.25) is 0 Å². The Bertz CT molecular complexity index is 595. The molecule has 0 saturated heterocycles. The number of benzene rings is 1. The van der Waals surface area contributed by atoms with Gasteiger partial charge in [-0.2, -0.15) is 0 Å². The molecule has 0 N–H and O–H groups in total. The van der Waals surface area contributed by atoms with Crippen LogP contribution in [0.15, 0.2) is 12.1 Å². The zero-order chi connectivity index (χ0) is 19.4. The van der Waals surface area contributed by atoms with Gasteiger partial charge in [0, 0.05) is 17.5 Å². The fraction of sp³-hybridized carbons (Fsp3) is 0.619. The highest BCUT2D eigenvalue weighted by atomic mass is 16.5. The van der Waals surface area contributed by atoms with Crippen LogP contribution in [-0.4, -0.2) is 18.9 Å². The van der Waals surface area contributed by atoms with E-state index in [1.54, 1.807) is 7.11 Å². The number of hydrogen-bond donors (Lipinski definition) is 0. The number of rotatable bonds is 6. The molecule has 0 bridgehead atoms. The SMILES string of the molecule is CCCCC(=O)C(=O)Oc1c(C(C)(C)C)cc(OC)cc1C(C)(C)C. The van der Waals surface area contributed by atoms with Gasteiger partial charge in [0.2, 0.25) is 5.78 Å². The smallest absolute Gasteiger partial charge is 0.379 e. The third-order valence-electron chi connectivity index (χ3n) is 4.09. The van der Waals surface area contributed by atoms with Crippen LogP contribution < -0.4 is 9.47 Å². The molecule has 0 aliphatic heterocycles. The van der Waals surface area contributed by atoms with Gasteiger partial charge in [-0.05, 0) is 29.4 Å². The number of Topliss-reactive ketones (excluding diaryl/α,β-unsaturated/α-hetero) is 1. The van der Waals surface area contributed by atoms with Crippen molar-refractivity contribution in [2.45, 2.75) is 78.6 Å². The molecule has 0 heterocycles. The summed E-state index contributed by atoms with van der Waals surface area (Å²) >= 11 is 0. The molecule has 0 fully saturated rings. The largest absolute Gasteiger partial charge is 0.497 e. The van der Waals surface area contributed by atoms with Gasteiger partial charge in [0.05, 0.1) is 7.11 Å². The van der Waals surface area contributed by atoms with Crippen LogP contribution in [0.5, 0.6) is 11.5 Å². The van der Waals surface area contributed by atoms with Crippen LogP contribution in [0.3, 0.4) is 0 Å². The van der Waals surface area contributed by atoms with E-state index in [9.17, 15) is 9.59 Å². The second-order valence-electron chi connectivity index (χ2n) is 8.47. The standard InChI is InChI=1S/C21H32O4/c1-9-10-11-17(22)19(23)25-18-15(20(2,3)4)12-14(24-8)13-16(18)21(5,6)7/h12-13H,9-11H2,1-8H3. The second kappa shape index (κ2) is 8.03. The number of carbonyl (C=O) groups is 2. The van der Waals surface area contributed by atoms with Crippen LogP contribution >= 0.6 is 0 Å². The molecule has 4 nitrogen and oxygen atoms in total. The molecule has 4 heteroatoms. The zero-order valence-corrected chi connectivity index (χ0v) is 16.9. The summed E-state index contributed by atoms with van der Waals surface area (Å²) in [6, 6.07) is 3.77. The first kappa shape index (κ1) is 21.2. The Balaban J connectivity index is 3.44. The molecule has 0 radical (unpaired) electrons. The maximum absolute atomic E-state index is 12.3. The van der Waals surface area contributed by atoms with Crippen molar-refractivity contribution in [3.05, 3.63) is 23.3 Å². The highest BCUT2D eigenvalue weighted by Gasteiger charge is 2.30. The molecule has 0 aromatic heterocycles. The molecule has 0 aliphatic rings. The van der Waals surface area contributed by atoms with E-state index >= 15 is 0 Å². The van der Waals surface area contributed by atoms with Gasteiger partial charge in [-0.15, -0.1) is 0 Å². The average molecular weight is 348 g/mol. The van der Waals surface area contributed by atoms with Crippen molar-refractivity contribution in [2.24, 2.45) is 0 Å². The van der Waals surface area contributed by atoms with Gasteiger partial charge in [-0.1, -0.05) is 54.9 Å². The summed E-state index contributed by atoms with van der Waals surface area (Å²) in [5.41, 5.74) is 1.18. The molecule has 140 valence electrons. The van der Waals surface area contributed by atoms with E-state index in [-0.39, 0.29) is 17.3 Å². The van der Waals surface area contributed by atoms with E-state index in [4.69, 9.17) is 9.47 Å². The van der Waals surface area contributed by atoms with Gasteiger partial charge in [-0.3, -0.25) is 4.79 Å². The van der Waals surface area contributed by atoms with Crippen molar-refractivity contribution < 1.29 is 19.1 Å². The summed E-state index contributed by atoms with van der Waals surface area (Å²) in [6.45, 7) is 14.3. The Hall–Kier alpha value is -1.84. The van der Waals surface area contributed by atoms with E-state index in [1.807, 2.05) is 60.6 Å². The summed E-state index contributed by atoms with van der Waals surface area (Å²) in [4.78, 5) is 24.4. The summed E-state index contributed by atoms with van der Waals surface area (Å²) < 4.78 is 11.1. The molecule has 0 saturated carbocycles. The number of hydrogen-bond acceptors (Lipinski definition) is 4. The summed E-state index contributed by atoms with van der Waals surface area (Å²) in [5.74, 6) is -0.0605. The first-order valence-corrected chi connectivity index (χ1v) is 8.89. The molecule has 0 atom stereocenters. The lowest BCUT2D eigenvalue weighted by molar-refractivity contribution is -0.147. The number of unbranched alkanes of at least 4 members (excludes halogenated alkanes) is 1. The quantitative estimate of drug-likeness (QED) is 0.414. The first-order valence-electron chi connectivity index (χ1n) is 8.89. The normalized spacial score (nSPS) is 12.0. The summed E-state index contributed by atoms with van der Waals surface area (Å²) in [5, 5.41) is 0. The lowest BCUT2D eigenvalue weighted by atomic mass is 9.79. The number of methoxy groups -OCH3 is 1. The fourth-order valence-corrected chi connectivity index (χ4v) is 2.53. The monoisotopic (exact) mass is 348 g/mol. The van der Waals surface area contributed by atoms with Crippen molar-refractivity contribution >= 4 is 11.8 Å². The van der Waals surface area contributed by atoms with Crippen LogP contribution in [0.4, 0.5) is 0 Å². The molecule has 1 rings (SSSR count). The summed E-state index contributed by atoms with van der Waals surface area (Å²) in [7, 11) is 1.62. The number of carbonyl (C=O) groups excluding carboxylic acids is 2. The Morgan fingerprint density at radius 2 is 1.44 bits per heavy atom. The van der Waals surface area contributed by atoms with Crippen molar-refractivity contribution in [1.82, 2.24) is 0 Å². The highest BCUT2D eigenvalue weighted by Crippen LogP contribution is 2.42. The maximum Gasteiger partial charge on any atom is 0.379 e. The maximum atomic E-state index is 12.3. The molecule has 1 aromatic carbocycles. The third-order valence-corrected chi connectivity index (χ3v) is 4.09. The lowest BCUT2D eigenvalue weighted by Crippen LogP contribution is -2.26. The van der Waals surface area contributed by atoms with Gasteiger partial charge >= 0.3 is 5.97 Å². The Kier molecular flexibility index (Phi) is 6.81. The first-order chi connectivity index (χ1) is 11.4. The minimum absolute atomic E-state index is 0.223. The van der Waals surface area contributed by atoms with E-state index in [1.165, 1.54) is 0 Å². The summed E-state index contributed by atoms with van der Waals surface area (Å²) in [6.07, 6.45) is 1.78. The topological polar surface area (TPSA) is 52.6 Å². The van der Waals surface area contributed by atoms with Crippen molar-refractivity contribution in [3.8, 4) is 11.5 Å². The number of ketones is 1. The number of ether oxygens (including phenoxy) is 2. The van der Waals surface area contributed by atoms with Gasteiger partial charge in [-0.25, -0.2) is 4.79 Å². The minimum atomic E-state index is -0.783. The molecular weight excluding hydrogens is 316 g/mol. The molecule has 25 heavy (non-hydrogen) atoms. The third kappa shape index (κ3) is 5.58. The number of esters is 1. The molecular formula is C21H32O4. The van der Waals surface area contributed by atoms with Gasteiger partial charge in [0.15, 0.2) is 0 Å². The second-order valence-corrected chi connectivity index (χ2v) is 8.47. The van der Waals surface area contributed by atoms with Gasteiger partial charge in [0.1, 0.15) is 11.5 Å². The molecule has 0 spiro atoms. The van der Waals surface area contributed by atoms with Crippen molar-refractivity contribution in [1.29, 1.82) is 0 Å².